The summed E-state index contributed by atoms with van der Waals surface area (Å²) in [5.41, 5.74) is 0. The summed E-state index contributed by atoms with van der Waals surface area (Å²) >= 11 is 0. The van der Waals surface area contributed by atoms with Gasteiger partial charge in [0.25, 0.3) is 0 Å². The molecule has 55 valence electrons. The maximum atomic E-state index is 3.25. The summed E-state index contributed by atoms with van der Waals surface area (Å²) in [4.78, 5) is 0. The van der Waals surface area contributed by atoms with E-state index in [-0.39, 0.29) is 128 Å². The van der Waals surface area contributed by atoms with Crippen molar-refractivity contribution >= 4 is 0 Å². The molecule has 0 aliphatic heterocycles. The maximum Gasteiger partial charge on any atom is 0 e. The van der Waals surface area contributed by atoms with Crippen molar-refractivity contribution in [2.45, 2.75) is 6.92 Å². The summed E-state index contributed by atoms with van der Waals surface area (Å²) in [6.07, 6.45) is 0. The molecule has 0 bridgehead atoms. The van der Waals surface area contributed by atoms with E-state index in [9.17, 15) is 0 Å². The SMILES string of the molecule is [CH2-]C.[CH3-].[CH3-].[CH3-].[CH3-].[Y].[Y].[Y]. The van der Waals surface area contributed by atoms with E-state index in [2.05, 4.69) is 6.92 Å². The van der Waals surface area contributed by atoms with Gasteiger partial charge in [-0.15, -0.1) is 0 Å². The topological polar surface area (TPSA) is 0 Å². The van der Waals surface area contributed by atoms with Crippen LogP contribution in [0.25, 0.3) is 0 Å². The van der Waals surface area contributed by atoms with Gasteiger partial charge >= 0.3 is 0 Å². The first kappa shape index (κ1) is 84.7. The van der Waals surface area contributed by atoms with E-state index < -0.39 is 0 Å². The van der Waals surface area contributed by atoms with Crippen LogP contribution >= 0.6 is 0 Å². The van der Waals surface area contributed by atoms with Gasteiger partial charge in [0.2, 0.25) is 0 Å². The quantitative estimate of drug-likeness (QED) is 0.586. The second-order valence-corrected chi connectivity index (χ2v) is 0. The molecule has 3 radical (unpaired) electrons. The molecular weight excluding hydrogens is 339 g/mol. The van der Waals surface area contributed by atoms with Gasteiger partial charge in [-0.25, -0.2) is 0 Å². The van der Waals surface area contributed by atoms with E-state index in [1.807, 2.05) is 0 Å². The molecule has 0 saturated carbocycles. The standard InChI is InChI=1S/C2H5.4CH3.3Y/c1-2;;;;;;;/h1H2,2H3;4*1H3;;;/q5*-1;;;. The molecule has 0 heterocycles. The molecule has 0 amide bonds. The van der Waals surface area contributed by atoms with Gasteiger partial charge in [-0.1, -0.05) is 0 Å². The first-order valence-corrected chi connectivity index (χ1v) is 0.707. The molecule has 0 aromatic heterocycles. The maximum absolute atomic E-state index is 3.25. The summed E-state index contributed by atoms with van der Waals surface area (Å²) in [5.74, 6) is 0. The van der Waals surface area contributed by atoms with Crippen LogP contribution in [0.4, 0.5) is 0 Å². The van der Waals surface area contributed by atoms with Gasteiger partial charge < -0.3 is 36.6 Å². The zero-order chi connectivity index (χ0) is 2.00. The van der Waals surface area contributed by atoms with Crippen LogP contribution in [0, 0.1) is 36.6 Å². The number of hydrogen-bond donors (Lipinski definition) is 0. The molecule has 0 rings (SSSR count). The first-order valence-electron chi connectivity index (χ1n) is 0.707. The molecule has 9 heavy (non-hydrogen) atoms. The van der Waals surface area contributed by atoms with Crippen molar-refractivity contribution in [1.82, 2.24) is 0 Å². The van der Waals surface area contributed by atoms with E-state index in [0.29, 0.717) is 0 Å². The van der Waals surface area contributed by atoms with Crippen LogP contribution < -0.4 is 0 Å². The summed E-state index contributed by atoms with van der Waals surface area (Å²) in [6.45, 7) is 5.00. The molecule has 0 spiro atoms. The zero-order valence-electron chi connectivity index (χ0n) is 7.44. The number of rotatable bonds is 0. The monoisotopic (exact) mass is 356 g/mol. The van der Waals surface area contributed by atoms with Crippen molar-refractivity contribution in [3.05, 3.63) is 36.6 Å². The van der Waals surface area contributed by atoms with Gasteiger partial charge in [-0.2, -0.15) is 6.92 Å². The third kappa shape index (κ3) is 89.4. The van der Waals surface area contributed by atoms with Crippen LogP contribution in [0.15, 0.2) is 0 Å². The summed E-state index contributed by atoms with van der Waals surface area (Å²) in [7, 11) is 0. The van der Waals surface area contributed by atoms with Crippen LogP contribution in [-0.2, 0) is 98.1 Å². The molecule has 0 aromatic rings. The van der Waals surface area contributed by atoms with Crippen LogP contribution in [0.1, 0.15) is 6.92 Å². The average Bonchev–Trinajstić information content (AvgIpc) is 1.00. The van der Waals surface area contributed by atoms with E-state index in [1.165, 1.54) is 0 Å². The van der Waals surface area contributed by atoms with Crippen molar-refractivity contribution in [1.29, 1.82) is 0 Å². The Morgan fingerprint density at radius 3 is 0.556 bits per heavy atom. The second kappa shape index (κ2) is 110. The van der Waals surface area contributed by atoms with Gasteiger partial charge in [0.1, 0.15) is 0 Å². The predicted molar refractivity (Wildman–Crippen MR) is 36.7 cm³/mol. The van der Waals surface area contributed by atoms with E-state index >= 15 is 0 Å². The van der Waals surface area contributed by atoms with Crippen LogP contribution in [0.3, 0.4) is 0 Å². The fourth-order valence-electron chi connectivity index (χ4n) is 0. The third-order valence-corrected chi connectivity index (χ3v) is 0. The van der Waals surface area contributed by atoms with Gasteiger partial charge in [0.15, 0.2) is 0 Å². The van der Waals surface area contributed by atoms with Crippen molar-refractivity contribution in [3.63, 3.8) is 0 Å². The molecule has 0 atom stereocenters. The van der Waals surface area contributed by atoms with Crippen molar-refractivity contribution in [3.8, 4) is 0 Å². The van der Waals surface area contributed by atoms with Gasteiger partial charge in [-0.05, 0) is 0 Å². The minimum Gasteiger partial charge on any atom is -0.358 e. The largest absolute Gasteiger partial charge is 0.358 e. The van der Waals surface area contributed by atoms with E-state index in [4.69, 9.17) is 0 Å². The molecule has 0 saturated heterocycles. The Kier molecular flexibility index (Phi) is 1030. The zero-order valence-corrected chi connectivity index (χ0v) is 16.0. The smallest absolute Gasteiger partial charge is 0 e. The minimum absolute atomic E-state index is 0. The first-order chi connectivity index (χ1) is 1.00. The Bertz CT molecular complexity index is 8.26. The molecule has 0 aromatic carbocycles. The van der Waals surface area contributed by atoms with Gasteiger partial charge in [0, 0.05) is 98.1 Å². The Balaban J connectivity index is -0.000000000238. The molecule has 0 aliphatic carbocycles. The molecule has 0 aliphatic rings. The Hall–Kier alpha value is 3.31. The van der Waals surface area contributed by atoms with Crippen LogP contribution in [-0.4, -0.2) is 0 Å². The van der Waals surface area contributed by atoms with Gasteiger partial charge in [-0.3, -0.25) is 0 Å². The second-order valence-electron chi connectivity index (χ2n) is 0. The summed E-state index contributed by atoms with van der Waals surface area (Å²) < 4.78 is 0. The summed E-state index contributed by atoms with van der Waals surface area (Å²) in [5, 5.41) is 0. The molecule has 0 unspecified atom stereocenters. The number of hydrogen-bond acceptors (Lipinski definition) is 0. The molecule has 0 fully saturated rings. The minimum atomic E-state index is 0. The van der Waals surface area contributed by atoms with Crippen LogP contribution in [0.2, 0.25) is 0 Å². The Morgan fingerprint density at radius 1 is 0.556 bits per heavy atom. The van der Waals surface area contributed by atoms with Crippen molar-refractivity contribution < 1.29 is 98.1 Å². The van der Waals surface area contributed by atoms with E-state index in [1.54, 1.807) is 6.92 Å². The normalized spacial score (nSPS) is 0.667. The Morgan fingerprint density at radius 2 is 0.556 bits per heavy atom. The summed E-state index contributed by atoms with van der Waals surface area (Å²) in [6, 6.07) is 0. The third-order valence-electron chi connectivity index (χ3n) is 0. The molecule has 0 nitrogen and oxygen atoms in total. The van der Waals surface area contributed by atoms with Gasteiger partial charge in [0.05, 0.1) is 0 Å². The molecular formula is C6H17Y3-5. The predicted octanol–water partition coefficient (Wildman–Crippen LogP) is 2.63. The fourth-order valence-corrected chi connectivity index (χ4v) is 0. The fraction of sp³-hybridized carbons (Fsp3) is 0.167. The molecule has 3 heteroatoms. The van der Waals surface area contributed by atoms with Crippen LogP contribution in [0.5, 0.6) is 0 Å². The Labute approximate surface area is 139 Å². The van der Waals surface area contributed by atoms with Crippen molar-refractivity contribution in [2.24, 2.45) is 0 Å². The average molecular weight is 356 g/mol. The van der Waals surface area contributed by atoms with Crippen molar-refractivity contribution in [2.75, 3.05) is 0 Å². The van der Waals surface area contributed by atoms with E-state index in [0.717, 1.165) is 0 Å². The molecule has 0 N–H and O–H groups in total.